The van der Waals surface area contributed by atoms with Gasteiger partial charge in [0.15, 0.2) is 0 Å². The van der Waals surface area contributed by atoms with Gasteiger partial charge in [0.2, 0.25) is 0 Å². The third-order valence-corrected chi connectivity index (χ3v) is 4.12. The average molecular weight is 334 g/mol. The highest BCUT2D eigenvalue weighted by Crippen LogP contribution is 2.36. The fourth-order valence-electron chi connectivity index (χ4n) is 2.58. The summed E-state index contributed by atoms with van der Waals surface area (Å²) >= 11 is 3.48. The number of nitrogens with two attached hydrogens (primary N) is 1. The van der Waals surface area contributed by atoms with Crippen LogP contribution in [0.4, 0.5) is 0 Å². The maximum atomic E-state index is 6.40. The summed E-state index contributed by atoms with van der Waals surface area (Å²) in [5, 5.41) is 0. The van der Waals surface area contributed by atoms with Crippen LogP contribution in [0.5, 0.6) is 11.5 Å². The van der Waals surface area contributed by atoms with Crippen molar-refractivity contribution in [3.63, 3.8) is 0 Å². The molecule has 20 heavy (non-hydrogen) atoms. The van der Waals surface area contributed by atoms with Crippen LogP contribution in [0.2, 0.25) is 0 Å². The maximum Gasteiger partial charge on any atom is 0.123 e. The summed E-state index contributed by atoms with van der Waals surface area (Å²) in [6, 6.07) is 13.7. The van der Waals surface area contributed by atoms with Gasteiger partial charge in [-0.05, 0) is 29.8 Å². The molecule has 0 radical (unpaired) electrons. The van der Waals surface area contributed by atoms with Gasteiger partial charge in [-0.25, -0.2) is 0 Å². The Morgan fingerprint density at radius 3 is 2.85 bits per heavy atom. The summed E-state index contributed by atoms with van der Waals surface area (Å²) < 4.78 is 12.4. The number of ether oxygens (including phenoxy) is 2. The Balaban J connectivity index is 1.88. The van der Waals surface area contributed by atoms with Crippen LogP contribution in [0.1, 0.15) is 17.2 Å². The Labute approximate surface area is 126 Å². The van der Waals surface area contributed by atoms with Crippen LogP contribution in [0, 0.1) is 0 Å². The summed E-state index contributed by atoms with van der Waals surface area (Å²) in [7, 11) is 1.66. The van der Waals surface area contributed by atoms with E-state index in [1.165, 1.54) is 5.56 Å². The number of halogens is 1. The van der Waals surface area contributed by atoms with Crippen molar-refractivity contribution in [2.24, 2.45) is 5.73 Å². The molecular weight excluding hydrogens is 318 g/mol. The van der Waals surface area contributed by atoms with Crippen LogP contribution in [-0.2, 0) is 6.42 Å². The Hall–Kier alpha value is -1.52. The lowest BCUT2D eigenvalue weighted by atomic mass is 9.98. The smallest absolute Gasteiger partial charge is 0.123 e. The monoisotopic (exact) mass is 333 g/mol. The van der Waals surface area contributed by atoms with E-state index < -0.39 is 0 Å². The van der Waals surface area contributed by atoms with Crippen molar-refractivity contribution in [3.8, 4) is 11.5 Å². The van der Waals surface area contributed by atoms with E-state index in [-0.39, 0.29) is 12.1 Å². The summed E-state index contributed by atoms with van der Waals surface area (Å²) in [5.41, 5.74) is 8.57. The first-order chi connectivity index (χ1) is 9.69. The van der Waals surface area contributed by atoms with Gasteiger partial charge in [-0.2, -0.15) is 0 Å². The Morgan fingerprint density at radius 1 is 1.30 bits per heavy atom. The zero-order chi connectivity index (χ0) is 14.1. The summed E-state index contributed by atoms with van der Waals surface area (Å²) in [5.74, 6) is 1.72. The maximum absolute atomic E-state index is 6.40. The third-order valence-electron chi connectivity index (χ3n) is 3.62. The molecule has 2 atom stereocenters. The van der Waals surface area contributed by atoms with Crippen LogP contribution < -0.4 is 15.2 Å². The molecule has 0 spiro atoms. The van der Waals surface area contributed by atoms with Gasteiger partial charge in [0.05, 0.1) is 13.2 Å². The fourth-order valence-corrected chi connectivity index (χ4v) is 2.95. The van der Waals surface area contributed by atoms with Crippen molar-refractivity contribution in [2.45, 2.75) is 18.6 Å². The summed E-state index contributed by atoms with van der Waals surface area (Å²) in [4.78, 5) is 0. The normalized spacial score (nSPS) is 18.2. The quantitative estimate of drug-likeness (QED) is 0.935. The van der Waals surface area contributed by atoms with Gasteiger partial charge >= 0.3 is 0 Å². The van der Waals surface area contributed by atoms with Gasteiger partial charge < -0.3 is 15.2 Å². The Bertz CT molecular complexity index is 605. The molecular formula is C16H16BrNO2. The standard InChI is InChI=1S/C16H16BrNO2/c1-19-14-7-6-11(17)9-12(14)16(18)15-8-10-4-2-3-5-13(10)20-15/h2-7,9,15-16H,8,18H2,1H3. The molecule has 3 nitrogen and oxygen atoms in total. The zero-order valence-corrected chi connectivity index (χ0v) is 12.8. The van der Waals surface area contributed by atoms with E-state index in [0.29, 0.717) is 0 Å². The Kier molecular flexibility index (Phi) is 3.68. The number of para-hydroxylation sites is 1. The van der Waals surface area contributed by atoms with Crippen LogP contribution >= 0.6 is 15.9 Å². The van der Waals surface area contributed by atoms with Gasteiger partial charge in [0.25, 0.3) is 0 Å². The first kappa shape index (κ1) is 13.5. The van der Waals surface area contributed by atoms with Crippen molar-refractivity contribution in [3.05, 3.63) is 58.1 Å². The molecule has 0 saturated heterocycles. The highest BCUT2D eigenvalue weighted by Gasteiger charge is 2.30. The molecule has 0 amide bonds. The van der Waals surface area contributed by atoms with E-state index in [4.69, 9.17) is 15.2 Å². The van der Waals surface area contributed by atoms with E-state index in [1.807, 2.05) is 36.4 Å². The molecule has 2 N–H and O–H groups in total. The van der Waals surface area contributed by atoms with Crippen LogP contribution in [0.3, 0.4) is 0 Å². The van der Waals surface area contributed by atoms with Crippen molar-refractivity contribution in [1.82, 2.24) is 0 Å². The molecule has 104 valence electrons. The van der Waals surface area contributed by atoms with E-state index in [2.05, 4.69) is 22.0 Å². The van der Waals surface area contributed by atoms with Gasteiger partial charge in [-0.1, -0.05) is 34.1 Å². The lowest BCUT2D eigenvalue weighted by Gasteiger charge is -2.21. The minimum atomic E-state index is -0.227. The van der Waals surface area contributed by atoms with Crippen LogP contribution in [-0.4, -0.2) is 13.2 Å². The second-order valence-corrected chi connectivity index (χ2v) is 5.80. The molecule has 0 fully saturated rings. The molecule has 0 saturated carbocycles. The second-order valence-electron chi connectivity index (χ2n) is 4.88. The number of hydrogen-bond donors (Lipinski definition) is 1. The molecule has 0 aliphatic carbocycles. The highest BCUT2D eigenvalue weighted by atomic mass is 79.9. The van der Waals surface area contributed by atoms with Crippen LogP contribution in [0.25, 0.3) is 0 Å². The number of benzene rings is 2. The predicted octanol–water partition coefficient (Wildman–Crippen LogP) is 3.46. The molecule has 3 rings (SSSR count). The second kappa shape index (κ2) is 5.46. The lowest BCUT2D eigenvalue weighted by Crippen LogP contribution is -2.30. The molecule has 2 unspecified atom stereocenters. The molecule has 1 aliphatic heterocycles. The molecule has 2 aromatic carbocycles. The fraction of sp³-hybridized carbons (Fsp3) is 0.250. The highest BCUT2D eigenvalue weighted by molar-refractivity contribution is 9.10. The molecule has 1 aliphatic rings. The number of methoxy groups -OCH3 is 1. The molecule has 1 heterocycles. The summed E-state index contributed by atoms with van der Waals surface area (Å²) in [6.45, 7) is 0. The average Bonchev–Trinajstić information content (AvgIpc) is 2.90. The van der Waals surface area contributed by atoms with E-state index >= 15 is 0 Å². The molecule has 2 aromatic rings. The van der Waals surface area contributed by atoms with Gasteiger partial charge in [0.1, 0.15) is 17.6 Å². The van der Waals surface area contributed by atoms with Crippen molar-refractivity contribution in [1.29, 1.82) is 0 Å². The number of rotatable bonds is 3. The summed E-state index contributed by atoms with van der Waals surface area (Å²) in [6.07, 6.45) is 0.767. The molecule has 0 bridgehead atoms. The third kappa shape index (κ3) is 2.41. The topological polar surface area (TPSA) is 44.5 Å². The van der Waals surface area contributed by atoms with E-state index in [0.717, 1.165) is 28.0 Å². The number of fused-ring (bicyclic) bond motifs is 1. The minimum absolute atomic E-state index is 0.0596. The van der Waals surface area contributed by atoms with Crippen molar-refractivity contribution >= 4 is 15.9 Å². The van der Waals surface area contributed by atoms with Crippen molar-refractivity contribution in [2.75, 3.05) is 7.11 Å². The SMILES string of the molecule is COc1ccc(Br)cc1C(N)C1Cc2ccccc2O1. The van der Waals surface area contributed by atoms with Crippen molar-refractivity contribution < 1.29 is 9.47 Å². The largest absolute Gasteiger partial charge is 0.496 e. The molecule has 4 heteroatoms. The van der Waals surface area contributed by atoms with Crippen LogP contribution in [0.15, 0.2) is 46.9 Å². The first-order valence-electron chi connectivity index (χ1n) is 6.52. The minimum Gasteiger partial charge on any atom is -0.496 e. The lowest BCUT2D eigenvalue weighted by molar-refractivity contribution is 0.197. The predicted molar refractivity (Wildman–Crippen MR) is 82.2 cm³/mol. The number of hydrogen-bond acceptors (Lipinski definition) is 3. The Morgan fingerprint density at radius 2 is 2.10 bits per heavy atom. The van der Waals surface area contributed by atoms with Gasteiger partial charge in [0, 0.05) is 16.5 Å². The van der Waals surface area contributed by atoms with Gasteiger partial charge in [-0.3, -0.25) is 0 Å². The zero-order valence-electron chi connectivity index (χ0n) is 11.2. The molecule has 0 aromatic heterocycles. The van der Waals surface area contributed by atoms with Gasteiger partial charge in [-0.15, -0.1) is 0 Å². The first-order valence-corrected chi connectivity index (χ1v) is 7.32. The van der Waals surface area contributed by atoms with E-state index in [9.17, 15) is 0 Å². The van der Waals surface area contributed by atoms with E-state index in [1.54, 1.807) is 7.11 Å².